The summed E-state index contributed by atoms with van der Waals surface area (Å²) in [4.78, 5) is 12.0. The molecule has 104 valence electrons. The largest absolute Gasteiger partial charge is 0.386 e. The number of carbonyl (C=O) groups excluding carboxylic acids is 1. The Bertz CT molecular complexity index is 459. The van der Waals surface area contributed by atoms with Crippen LogP contribution in [0.4, 0.5) is 4.39 Å². The lowest BCUT2D eigenvalue weighted by molar-refractivity contribution is -0.129. The minimum atomic E-state index is -1.02. The summed E-state index contributed by atoms with van der Waals surface area (Å²) in [5, 5.41) is 15.7. The summed E-state index contributed by atoms with van der Waals surface area (Å²) in [7, 11) is 0. The van der Waals surface area contributed by atoms with Gasteiger partial charge in [0.05, 0.1) is 11.5 Å². The van der Waals surface area contributed by atoms with E-state index in [9.17, 15) is 14.3 Å². The molecule has 1 amide bonds. The highest BCUT2D eigenvalue weighted by molar-refractivity contribution is 5.82. The van der Waals surface area contributed by atoms with E-state index in [1.165, 1.54) is 12.1 Å². The van der Waals surface area contributed by atoms with Crippen LogP contribution in [0.25, 0.3) is 0 Å². The Morgan fingerprint density at radius 1 is 1.58 bits per heavy atom. The molecule has 19 heavy (non-hydrogen) atoms. The average molecular weight is 266 g/mol. The van der Waals surface area contributed by atoms with Gasteiger partial charge < -0.3 is 15.7 Å². The molecule has 1 aromatic carbocycles. The molecule has 0 bridgehead atoms. The first-order valence-electron chi connectivity index (χ1n) is 6.44. The molecule has 1 saturated heterocycles. The van der Waals surface area contributed by atoms with E-state index < -0.39 is 17.3 Å². The number of rotatable bonds is 4. The fourth-order valence-corrected chi connectivity index (χ4v) is 2.27. The first kappa shape index (κ1) is 14.0. The Balaban J connectivity index is 1.92. The standard InChI is InChI=1S/C14H19FN2O2/c1-14(6-7-16-9-14)13(19)17-8-12(18)10-4-2-3-5-11(10)15/h2-5,12,16,18H,6-9H2,1H3,(H,17,19). The third kappa shape index (κ3) is 3.11. The van der Waals surface area contributed by atoms with Crippen LogP contribution in [0.5, 0.6) is 0 Å². The molecule has 3 N–H and O–H groups in total. The van der Waals surface area contributed by atoms with Crippen molar-refractivity contribution in [3.05, 3.63) is 35.6 Å². The second kappa shape index (κ2) is 5.67. The lowest BCUT2D eigenvalue weighted by Crippen LogP contribution is -2.42. The molecule has 2 atom stereocenters. The molecule has 1 aliphatic rings. The molecule has 4 nitrogen and oxygen atoms in total. The van der Waals surface area contributed by atoms with Gasteiger partial charge in [0.1, 0.15) is 5.82 Å². The van der Waals surface area contributed by atoms with Crippen molar-refractivity contribution in [3.63, 3.8) is 0 Å². The molecule has 1 aromatic rings. The van der Waals surface area contributed by atoms with Crippen LogP contribution < -0.4 is 10.6 Å². The molecule has 5 heteroatoms. The number of nitrogens with one attached hydrogen (secondary N) is 2. The lowest BCUT2D eigenvalue weighted by atomic mass is 9.89. The highest BCUT2D eigenvalue weighted by atomic mass is 19.1. The van der Waals surface area contributed by atoms with Crippen molar-refractivity contribution in [1.29, 1.82) is 0 Å². The van der Waals surface area contributed by atoms with E-state index in [0.717, 1.165) is 13.0 Å². The van der Waals surface area contributed by atoms with E-state index in [1.807, 2.05) is 6.92 Å². The topological polar surface area (TPSA) is 61.4 Å². The van der Waals surface area contributed by atoms with Gasteiger partial charge in [-0.2, -0.15) is 0 Å². The van der Waals surface area contributed by atoms with Crippen LogP contribution in [0.15, 0.2) is 24.3 Å². The van der Waals surface area contributed by atoms with Gasteiger partial charge in [-0.25, -0.2) is 4.39 Å². The van der Waals surface area contributed by atoms with E-state index in [4.69, 9.17) is 0 Å². The fraction of sp³-hybridized carbons (Fsp3) is 0.500. The van der Waals surface area contributed by atoms with Gasteiger partial charge in [-0.05, 0) is 26.0 Å². The molecule has 2 rings (SSSR count). The summed E-state index contributed by atoms with van der Waals surface area (Å²) in [6.07, 6.45) is -0.252. The minimum absolute atomic E-state index is 0.0232. The maximum Gasteiger partial charge on any atom is 0.227 e. The Morgan fingerprint density at radius 2 is 2.32 bits per heavy atom. The number of halogens is 1. The second-order valence-corrected chi connectivity index (χ2v) is 5.23. The zero-order valence-electron chi connectivity index (χ0n) is 10.9. The molecular weight excluding hydrogens is 247 g/mol. The van der Waals surface area contributed by atoms with E-state index in [1.54, 1.807) is 12.1 Å². The quantitative estimate of drug-likeness (QED) is 0.761. The van der Waals surface area contributed by atoms with Gasteiger partial charge >= 0.3 is 0 Å². The van der Waals surface area contributed by atoms with Crippen LogP contribution in [0.3, 0.4) is 0 Å². The summed E-state index contributed by atoms with van der Waals surface area (Å²) in [6.45, 7) is 3.36. The first-order chi connectivity index (χ1) is 9.03. The van der Waals surface area contributed by atoms with Crippen molar-refractivity contribution in [3.8, 4) is 0 Å². The number of hydrogen-bond donors (Lipinski definition) is 3. The van der Waals surface area contributed by atoms with E-state index in [2.05, 4.69) is 10.6 Å². The summed E-state index contributed by atoms with van der Waals surface area (Å²) < 4.78 is 13.5. The number of carbonyl (C=O) groups is 1. The smallest absolute Gasteiger partial charge is 0.227 e. The van der Waals surface area contributed by atoms with Gasteiger partial charge in [0.2, 0.25) is 5.91 Å². The maximum absolute atomic E-state index is 13.5. The van der Waals surface area contributed by atoms with Crippen LogP contribution in [-0.4, -0.2) is 30.6 Å². The summed E-state index contributed by atoms with van der Waals surface area (Å²) >= 11 is 0. The molecule has 0 aromatic heterocycles. The number of amides is 1. The number of hydrogen-bond acceptors (Lipinski definition) is 3. The predicted molar refractivity (Wildman–Crippen MR) is 70.0 cm³/mol. The zero-order chi connectivity index (χ0) is 13.9. The highest BCUT2D eigenvalue weighted by Crippen LogP contribution is 2.24. The fourth-order valence-electron chi connectivity index (χ4n) is 2.27. The third-order valence-corrected chi connectivity index (χ3v) is 3.64. The SMILES string of the molecule is CC1(C(=O)NCC(O)c2ccccc2F)CCNC1. The van der Waals surface area contributed by atoms with Gasteiger partial charge in [-0.1, -0.05) is 18.2 Å². The Hall–Kier alpha value is -1.46. The van der Waals surface area contributed by atoms with Gasteiger partial charge in [-0.3, -0.25) is 4.79 Å². The number of aliphatic hydroxyl groups is 1. The van der Waals surface area contributed by atoms with Crippen LogP contribution >= 0.6 is 0 Å². The van der Waals surface area contributed by atoms with Crippen molar-refractivity contribution in [2.75, 3.05) is 19.6 Å². The van der Waals surface area contributed by atoms with Crippen LogP contribution in [-0.2, 0) is 4.79 Å². The summed E-state index contributed by atoms with van der Waals surface area (Å²) in [5.74, 6) is -0.564. The molecule has 0 saturated carbocycles. The Kier molecular flexibility index (Phi) is 4.17. The van der Waals surface area contributed by atoms with Gasteiger partial charge in [0.25, 0.3) is 0 Å². The van der Waals surface area contributed by atoms with Gasteiger partial charge in [0.15, 0.2) is 0 Å². The van der Waals surface area contributed by atoms with Crippen molar-refractivity contribution in [2.45, 2.75) is 19.4 Å². The summed E-state index contributed by atoms with van der Waals surface area (Å²) in [5.41, 5.74) is -0.230. The molecule has 0 radical (unpaired) electrons. The Labute approximate surface area is 112 Å². The molecular formula is C14H19FN2O2. The molecule has 2 unspecified atom stereocenters. The predicted octanol–water partition coefficient (Wildman–Crippen LogP) is 0.975. The molecule has 1 heterocycles. The van der Waals surface area contributed by atoms with Crippen LogP contribution in [0, 0.1) is 11.2 Å². The molecule has 1 aliphatic heterocycles. The van der Waals surface area contributed by atoms with Crippen LogP contribution in [0.1, 0.15) is 25.0 Å². The van der Waals surface area contributed by atoms with Gasteiger partial charge in [0, 0.05) is 18.7 Å². The second-order valence-electron chi connectivity index (χ2n) is 5.23. The van der Waals surface area contributed by atoms with Crippen molar-refractivity contribution < 1.29 is 14.3 Å². The number of benzene rings is 1. The van der Waals surface area contributed by atoms with Gasteiger partial charge in [-0.15, -0.1) is 0 Å². The van der Waals surface area contributed by atoms with E-state index in [0.29, 0.717) is 6.54 Å². The lowest BCUT2D eigenvalue weighted by Gasteiger charge is -2.22. The van der Waals surface area contributed by atoms with E-state index in [-0.39, 0.29) is 18.0 Å². The first-order valence-corrected chi connectivity index (χ1v) is 6.44. The number of aliphatic hydroxyl groups excluding tert-OH is 1. The molecule has 0 aliphatic carbocycles. The molecule has 1 fully saturated rings. The highest BCUT2D eigenvalue weighted by Gasteiger charge is 2.36. The van der Waals surface area contributed by atoms with Crippen LogP contribution in [0.2, 0.25) is 0 Å². The monoisotopic (exact) mass is 266 g/mol. The average Bonchev–Trinajstić information content (AvgIpc) is 2.84. The van der Waals surface area contributed by atoms with Crippen molar-refractivity contribution >= 4 is 5.91 Å². The normalized spacial score (nSPS) is 24.2. The summed E-state index contributed by atoms with van der Waals surface area (Å²) in [6, 6.07) is 6.04. The van der Waals surface area contributed by atoms with E-state index >= 15 is 0 Å². The minimum Gasteiger partial charge on any atom is -0.386 e. The maximum atomic E-state index is 13.5. The Morgan fingerprint density at radius 3 is 2.95 bits per heavy atom. The third-order valence-electron chi connectivity index (χ3n) is 3.64. The van der Waals surface area contributed by atoms with Crippen molar-refractivity contribution in [2.24, 2.45) is 5.41 Å². The molecule has 0 spiro atoms. The van der Waals surface area contributed by atoms with Crippen molar-refractivity contribution in [1.82, 2.24) is 10.6 Å². The zero-order valence-corrected chi connectivity index (χ0v) is 10.9.